The molecule has 6 nitrogen and oxygen atoms in total. The molecule has 0 aromatic heterocycles. The van der Waals surface area contributed by atoms with Gasteiger partial charge in [-0.2, -0.15) is 0 Å². The van der Waals surface area contributed by atoms with Gasteiger partial charge in [0.05, 0.1) is 13.2 Å². The van der Waals surface area contributed by atoms with Crippen molar-refractivity contribution in [1.29, 1.82) is 0 Å². The van der Waals surface area contributed by atoms with Crippen LogP contribution in [0.5, 0.6) is 0 Å². The van der Waals surface area contributed by atoms with Crippen LogP contribution in [0.3, 0.4) is 0 Å². The van der Waals surface area contributed by atoms with Gasteiger partial charge in [0.2, 0.25) is 0 Å². The van der Waals surface area contributed by atoms with E-state index in [1.165, 1.54) is 17.7 Å². The third-order valence-corrected chi connectivity index (χ3v) is 5.47. The van der Waals surface area contributed by atoms with Crippen molar-refractivity contribution in [2.45, 2.75) is 50.8 Å². The molecule has 4 rings (SSSR count). The minimum Gasteiger partial charge on any atom is -0.394 e. The summed E-state index contributed by atoms with van der Waals surface area (Å²) in [6, 6.07) is 11.7. The lowest BCUT2D eigenvalue weighted by molar-refractivity contribution is -0.373. The van der Waals surface area contributed by atoms with E-state index in [-0.39, 0.29) is 12.4 Å². The zero-order chi connectivity index (χ0) is 20.5. The quantitative estimate of drug-likeness (QED) is 0.816. The third-order valence-electron chi connectivity index (χ3n) is 5.47. The first kappa shape index (κ1) is 20.4. The van der Waals surface area contributed by atoms with E-state index in [9.17, 15) is 14.6 Å². The van der Waals surface area contributed by atoms with Gasteiger partial charge in [-0.15, -0.1) is 0 Å². The molecule has 2 heterocycles. The van der Waals surface area contributed by atoms with Gasteiger partial charge < -0.3 is 29.2 Å². The largest absolute Gasteiger partial charge is 0.394 e. The van der Waals surface area contributed by atoms with E-state index in [2.05, 4.69) is 0 Å². The van der Waals surface area contributed by atoms with Gasteiger partial charge in [-0.3, -0.25) is 0 Å². The van der Waals surface area contributed by atoms with Crippen LogP contribution in [-0.4, -0.2) is 47.8 Å². The summed E-state index contributed by atoms with van der Waals surface area (Å²) in [4.78, 5) is 0. The van der Waals surface area contributed by atoms with E-state index in [0.717, 1.165) is 11.1 Å². The van der Waals surface area contributed by atoms with Crippen LogP contribution in [0.1, 0.15) is 34.8 Å². The van der Waals surface area contributed by atoms with Gasteiger partial charge in [-0.05, 0) is 37.1 Å². The molecule has 2 aliphatic heterocycles. The van der Waals surface area contributed by atoms with E-state index in [4.69, 9.17) is 18.9 Å². The second-order valence-corrected chi connectivity index (χ2v) is 7.52. The number of benzene rings is 2. The van der Waals surface area contributed by atoms with Gasteiger partial charge in [0.1, 0.15) is 30.2 Å². The number of aryl methyl sites for hydroxylation is 2. The molecular weight excluding hydrogens is 379 g/mol. The van der Waals surface area contributed by atoms with Crippen LogP contribution in [0.25, 0.3) is 0 Å². The lowest BCUT2D eigenvalue weighted by Gasteiger charge is -2.47. The van der Waals surface area contributed by atoms with Crippen molar-refractivity contribution in [2.75, 3.05) is 13.2 Å². The van der Waals surface area contributed by atoms with Crippen molar-refractivity contribution in [2.24, 2.45) is 0 Å². The summed E-state index contributed by atoms with van der Waals surface area (Å²) in [5.74, 6) is -0.366. The molecular formula is C22H25FO6. The van der Waals surface area contributed by atoms with Crippen molar-refractivity contribution >= 4 is 0 Å². The summed E-state index contributed by atoms with van der Waals surface area (Å²) in [6.45, 7) is 3.80. The topological polar surface area (TPSA) is 77.4 Å². The van der Waals surface area contributed by atoms with E-state index in [1.807, 2.05) is 32.0 Å². The monoisotopic (exact) mass is 404 g/mol. The maximum atomic E-state index is 13.2. The Morgan fingerprint density at radius 2 is 1.69 bits per heavy atom. The summed E-state index contributed by atoms with van der Waals surface area (Å²) in [6.07, 6.45) is -4.58. The first-order chi connectivity index (χ1) is 14.0. The normalized spacial score (nSPS) is 30.6. The first-order valence-corrected chi connectivity index (χ1v) is 9.66. The standard InChI is InChI=1S/C22H25FO6/c1-12-3-4-15(9-13(12)2)21-26-11-18-20(29-21)19(17(25)10-24)28-22(27-18)14-5-7-16(23)8-6-14/h3-9,17-22,24-25H,10-11H2,1-2H3/t17-,18+,19-,20-,21?,22?/m1/s1. The number of hydrogen-bond donors (Lipinski definition) is 2. The maximum Gasteiger partial charge on any atom is 0.184 e. The number of rotatable bonds is 4. The number of aliphatic hydroxyl groups excluding tert-OH is 2. The summed E-state index contributed by atoms with van der Waals surface area (Å²) in [5, 5.41) is 19.9. The summed E-state index contributed by atoms with van der Waals surface area (Å²) >= 11 is 0. The average molecular weight is 404 g/mol. The highest BCUT2D eigenvalue weighted by Crippen LogP contribution is 2.39. The van der Waals surface area contributed by atoms with Crippen LogP contribution >= 0.6 is 0 Å². The summed E-state index contributed by atoms with van der Waals surface area (Å²) < 4.78 is 37.1. The van der Waals surface area contributed by atoms with Crippen molar-refractivity contribution in [3.63, 3.8) is 0 Å². The van der Waals surface area contributed by atoms with Crippen LogP contribution in [0.15, 0.2) is 42.5 Å². The molecule has 7 heteroatoms. The van der Waals surface area contributed by atoms with Crippen molar-refractivity contribution < 1.29 is 33.6 Å². The highest BCUT2D eigenvalue weighted by molar-refractivity contribution is 5.30. The minimum atomic E-state index is -1.16. The summed E-state index contributed by atoms with van der Waals surface area (Å²) in [5.41, 5.74) is 3.76. The molecule has 2 N–H and O–H groups in total. The fraction of sp³-hybridized carbons (Fsp3) is 0.455. The number of halogens is 1. The fourth-order valence-corrected chi connectivity index (χ4v) is 3.64. The molecule has 2 aromatic rings. The molecule has 156 valence electrons. The Labute approximate surface area is 168 Å². The van der Waals surface area contributed by atoms with Gasteiger partial charge in [0.25, 0.3) is 0 Å². The van der Waals surface area contributed by atoms with Crippen molar-refractivity contribution in [3.05, 3.63) is 70.5 Å². The van der Waals surface area contributed by atoms with Gasteiger partial charge in [-0.1, -0.05) is 30.3 Å². The molecule has 0 saturated carbocycles. The van der Waals surface area contributed by atoms with Crippen LogP contribution < -0.4 is 0 Å². The predicted octanol–water partition coefficient (Wildman–Crippen LogP) is 2.69. The number of hydrogen-bond acceptors (Lipinski definition) is 6. The second kappa shape index (κ2) is 8.47. The molecule has 0 aliphatic carbocycles. The molecule has 0 spiro atoms. The van der Waals surface area contributed by atoms with Crippen molar-refractivity contribution in [3.8, 4) is 0 Å². The number of fused-ring (bicyclic) bond motifs is 1. The smallest absolute Gasteiger partial charge is 0.184 e. The van der Waals surface area contributed by atoms with Crippen molar-refractivity contribution in [1.82, 2.24) is 0 Å². The molecule has 2 saturated heterocycles. The Hall–Kier alpha value is -1.87. The maximum absolute atomic E-state index is 13.2. The number of ether oxygens (including phenoxy) is 4. The van der Waals surface area contributed by atoms with Crippen LogP contribution in [0, 0.1) is 19.7 Å². The Morgan fingerprint density at radius 1 is 0.966 bits per heavy atom. The zero-order valence-electron chi connectivity index (χ0n) is 16.3. The van der Waals surface area contributed by atoms with E-state index in [0.29, 0.717) is 5.56 Å². The first-order valence-electron chi connectivity index (χ1n) is 9.66. The van der Waals surface area contributed by atoms with E-state index in [1.54, 1.807) is 12.1 Å². The van der Waals surface area contributed by atoms with Crippen LogP contribution in [0.2, 0.25) is 0 Å². The van der Waals surface area contributed by atoms with Gasteiger partial charge in [0.15, 0.2) is 12.6 Å². The van der Waals surface area contributed by atoms with Gasteiger partial charge in [0, 0.05) is 11.1 Å². The highest BCUT2D eigenvalue weighted by atomic mass is 19.1. The number of aliphatic hydroxyl groups is 2. The Morgan fingerprint density at radius 3 is 2.38 bits per heavy atom. The average Bonchev–Trinajstić information content (AvgIpc) is 2.74. The SMILES string of the molecule is Cc1ccc(C2OC[C@@H]3OC(c4ccc(F)cc4)O[C@H]([C@H](O)CO)[C@@H]3O2)cc1C. The molecule has 2 aliphatic rings. The minimum absolute atomic E-state index is 0.234. The molecule has 2 unspecified atom stereocenters. The Bertz CT molecular complexity index is 842. The van der Waals surface area contributed by atoms with Crippen LogP contribution in [-0.2, 0) is 18.9 Å². The highest BCUT2D eigenvalue weighted by Gasteiger charge is 2.48. The van der Waals surface area contributed by atoms with Gasteiger partial charge >= 0.3 is 0 Å². The fourth-order valence-electron chi connectivity index (χ4n) is 3.64. The van der Waals surface area contributed by atoms with Crippen LogP contribution in [0.4, 0.5) is 4.39 Å². The van der Waals surface area contributed by atoms with E-state index >= 15 is 0 Å². The molecule has 0 bridgehead atoms. The zero-order valence-corrected chi connectivity index (χ0v) is 16.3. The Kier molecular flexibility index (Phi) is 5.96. The third kappa shape index (κ3) is 4.21. The second-order valence-electron chi connectivity index (χ2n) is 7.52. The lowest BCUT2D eigenvalue weighted by atomic mass is 9.99. The molecule has 0 amide bonds. The molecule has 2 fully saturated rings. The van der Waals surface area contributed by atoms with E-state index < -0.39 is 43.6 Å². The van der Waals surface area contributed by atoms with Gasteiger partial charge in [-0.25, -0.2) is 4.39 Å². The predicted molar refractivity (Wildman–Crippen MR) is 101 cm³/mol. The molecule has 6 atom stereocenters. The Balaban J connectivity index is 1.56. The molecule has 29 heavy (non-hydrogen) atoms. The molecule has 0 radical (unpaired) electrons. The lowest BCUT2D eigenvalue weighted by Crippen LogP contribution is -2.58. The molecule has 2 aromatic carbocycles. The summed E-state index contributed by atoms with van der Waals surface area (Å²) in [7, 11) is 0.